The second-order valence-corrected chi connectivity index (χ2v) is 8.58. The van der Waals surface area contributed by atoms with E-state index < -0.39 is 11.0 Å². The van der Waals surface area contributed by atoms with Gasteiger partial charge in [0.15, 0.2) is 5.78 Å². The number of hydrogen-bond donors (Lipinski definition) is 1. The van der Waals surface area contributed by atoms with E-state index >= 15 is 0 Å². The summed E-state index contributed by atoms with van der Waals surface area (Å²) in [5, 5.41) is 11.4. The molecule has 0 aromatic carbocycles. The SMILES string of the molecule is C[C@]12CCC(=O)CC1C(=O)C[C@@H]1[C@@H]2CC[C@]2(C)C(=O)C=C[C@@]12O. The molecule has 0 aromatic heterocycles. The smallest absolute Gasteiger partial charge is 0.164 e. The molecule has 0 aliphatic heterocycles. The summed E-state index contributed by atoms with van der Waals surface area (Å²) < 4.78 is 0. The van der Waals surface area contributed by atoms with Crippen molar-refractivity contribution >= 4 is 17.3 Å². The van der Waals surface area contributed by atoms with E-state index in [1.807, 2.05) is 6.92 Å². The van der Waals surface area contributed by atoms with Gasteiger partial charge in [0.25, 0.3) is 0 Å². The summed E-state index contributed by atoms with van der Waals surface area (Å²) >= 11 is 0. The lowest BCUT2D eigenvalue weighted by Gasteiger charge is -2.60. The molecule has 4 aliphatic rings. The lowest BCUT2D eigenvalue weighted by atomic mass is 9.43. The normalized spacial score (nSPS) is 52.1. The number of aliphatic hydroxyl groups is 1. The van der Waals surface area contributed by atoms with Gasteiger partial charge >= 0.3 is 0 Å². The maximum Gasteiger partial charge on any atom is 0.164 e. The number of ketones is 3. The predicted molar refractivity (Wildman–Crippen MR) is 83.5 cm³/mol. The van der Waals surface area contributed by atoms with Crippen LogP contribution < -0.4 is 0 Å². The molecule has 1 unspecified atom stereocenters. The minimum absolute atomic E-state index is 0.0167. The van der Waals surface area contributed by atoms with Crippen molar-refractivity contribution < 1.29 is 19.5 Å². The van der Waals surface area contributed by atoms with Gasteiger partial charge in [-0.1, -0.05) is 6.92 Å². The molecule has 4 aliphatic carbocycles. The van der Waals surface area contributed by atoms with Crippen LogP contribution in [0.3, 0.4) is 0 Å². The van der Waals surface area contributed by atoms with E-state index in [4.69, 9.17) is 0 Å². The van der Waals surface area contributed by atoms with Gasteiger partial charge in [0, 0.05) is 31.1 Å². The number of fused-ring (bicyclic) bond motifs is 5. The van der Waals surface area contributed by atoms with E-state index in [0.29, 0.717) is 25.7 Å². The van der Waals surface area contributed by atoms with Crippen molar-refractivity contribution in [1.82, 2.24) is 0 Å². The van der Waals surface area contributed by atoms with E-state index in [9.17, 15) is 19.5 Å². The third kappa shape index (κ3) is 1.68. The highest BCUT2D eigenvalue weighted by Crippen LogP contribution is 2.64. The Morgan fingerprint density at radius 1 is 1.09 bits per heavy atom. The average Bonchev–Trinajstić information content (AvgIpc) is 2.74. The summed E-state index contributed by atoms with van der Waals surface area (Å²) in [5.74, 6) is 0.0793. The first-order chi connectivity index (χ1) is 10.7. The molecule has 4 heteroatoms. The first kappa shape index (κ1) is 15.3. The van der Waals surface area contributed by atoms with E-state index in [1.54, 1.807) is 6.08 Å². The van der Waals surface area contributed by atoms with Gasteiger partial charge in [0.05, 0.1) is 11.0 Å². The number of carbonyl (C=O) groups excluding carboxylic acids is 3. The van der Waals surface area contributed by atoms with Crippen molar-refractivity contribution in [3.8, 4) is 0 Å². The van der Waals surface area contributed by atoms with E-state index in [1.165, 1.54) is 6.08 Å². The molecule has 0 spiro atoms. The molecule has 0 amide bonds. The molecule has 124 valence electrons. The zero-order valence-corrected chi connectivity index (χ0v) is 13.8. The molecule has 6 atom stereocenters. The quantitative estimate of drug-likeness (QED) is 0.744. The Labute approximate surface area is 136 Å². The molecule has 0 heterocycles. The van der Waals surface area contributed by atoms with Crippen molar-refractivity contribution in [3.63, 3.8) is 0 Å². The van der Waals surface area contributed by atoms with Crippen LogP contribution in [0.2, 0.25) is 0 Å². The van der Waals surface area contributed by atoms with Crippen molar-refractivity contribution in [2.75, 3.05) is 0 Å². The molecule has 3 fully saturated rings. The lowest BCUT2D eigenvalue weighted by Crippen LogP contribution is -2.64. The number of rotatable bonds is 0. The summed E-state index contributed by atoms with van der Waals surface area (Å²) in [6, 6.07) is 0. The van der Waals surface area contributed by atoms with E-state index in [0.717, 1.165) is 12.8 Å². The summed E-state index contributed by atoms with van der Waals surface area (Å²) in [6.45, 7) is 3.97. The topological polar surface area (TPSA) is 71.4 Å². The van der Waals surface area contributed by atoms with Gasteiger partial charge in [-0.3, -0.25) is 14.4 Å². The van der Waals surface area contributed by atoms with Crippen LogP contribution in [0.15, 0.2) is 12.2 Å². The van der Waals surface area contributed by atoms with Gasteiger partial charge < -0.3 is 5.11 Å². The minimum atomic E-state index is -1.21. The second kappa shape index (κ2) is 4.41. The summed E-state index contributed by atoms with van der Waals surface area (Å²) in [6.07, 6.45) is 6.59. The molecule has 0 bridgehead atoms. The minimum Gasteiger partial charge on any atom is -0.384 e. The third-order valence-corrected chi connectivity index (χ3v) is 7.75. The summed E-state index contributed by atoms with van der Waals surface area (Å²) in [4.78, 5) is 36.9. The maximum atomic E-state index is 12.8. The summed E-state index contributed by atoms with van der Waals surface area (Å²) in [7, 11) is 0. The van der Waals surface area contributed by atoms with Crippen LogP contribution in [0.1, 0.15) is 52.4 Å². The maximum absolute atomic E-state index is 12.8. The molecule has 4 nitrogen and oxygen atoms in total. The Hall–Kier alpha value is -1.29. The number of hydrogen-bond acceptors (Lipinski definition) is 4. The highest BCUT2D eigenvalue weighted by Gasteiger charge is 2.67. The summed E-state index contributed by atoms with van der Waals surface area (Å²) in [5.41, 5.74) is -2.22. The van der Waals surface area contributed by atoms with Crippen molar-refractivity contribution in [2.45, 2.75) is 58.0 Å². The fourth-order valence-electron chi connectivity index (χ4n) is 6.09. The molecule has 23 heavy (non-hydrogen) atoms. The molecule has 0 saturated heterocycles. The first-order valence-corrected chi connectivity index (χ1v) is 8.73. The molecule has 0 aromatic rings. The number of Topliss-reactive ketones (excluding diaryl/α,β-unsaturated/α-hetero) is 2. The Morgan fingerprint density at radius 3 is 2.57 bits per heavy atom. The van der Waals surface area contributed by atoms with Gasteiger partial charge in [0.2, 0.25) is 0 Å². The van der Waals surface area contributed by atoms with Gasteiger partial charge in [0.1, 0.15) is 11.6 Å². The van der Waals surface area contributed by atoms with Crippen LogP contribution in [-0.2, 0) is 14.4 Å². The van der Waals surface area contributed by atoms with Crippen molar-refractivity contribution in [1.29, 1.82) is 0 Å². The van der Waals surface area contributed by atoms with Gasteiger partial charge in [-0.2, -0.15) is 0 Å². The van der Waals surface area contributed by atoms with Gasteiger partial charge in [-0.15, -0.1) is 0 Å². The highest BCUT2D eigenvalue weighted by atomic mass is 16.3. The van der Waals surface area contributed by atoms with Crippen LogP contribution in [0.4, 0.5) is 0 Å². The van der Waals surface area contributed by atoms with Crippen LogP contribution in [-0.4, -0.2) is 28.1 Å². The van der Waals surface area contributed by atoms with Crippen LogP contribution in [0.25, 0.3) is 0 Å². The molecular weight excluding hydrogens is 292 g/mol. The van der Waals surface area contributed by atoms with Crippen LogP contribution in [0.5, 0.6) is 0 Å². The van der Waals surface area contributed by atoms with Crippen molar-refractivity contribution in [2.24, 2.45) is 28.6 Å². The largest absolute Gasteiger partial charge is 0.384 e. The second-order valence-electron chi connectivity index (χ2n) is 8.58. The van der Waals surface area contributed by atoms with Crippen LogP contribution >= 0.6 is 0 Å². The van der Waals surface area contributed by atoms with Crippen LogP contribution in [0, 0.1) is 28.6 Å². The van der Waals surface area contributed by atoms with E-state index in [2.05, 4.69) is 6.92 Å². The van der Waals surface area contributed by atoms with Gasteiger partial charge in [-0.25, -0.2) is 0 Å². The third-order valence-electron chi connectivity index (χ3n) is 7.75. The molecular formula is C19H24O4. The molecule has 3 saturated carbocycles. The highest BCUT2D eigenvalue weighted by molar-refractivity contribution is 5.99. The average molecular weight is 316 g/mol. The predicted octanol–water partition coefficient (Wildman–Crippen LogP) is 2.24. The standard InChI is InChI=1S/C19H24O4/c1-17-6-3-11(20)9-14(17)15(21)10-13-12(17)4-7-18(2)16(22)5-8-19(13,18)23/h5,8,12-14,23H,3-4,6-7,9-10H2,1-2H3/t12-,13+,14?,17+,18+,19+/m0/s1. The fourth-order valence-corrected chi connectivity index (χ4v) is 6.09. The molecule has 4 rings (SSSR count). The Kier molecular flexibility index (Phi) is 2.92. The zero-order valence-electron chi connectivity index (χ0n) is 13.8. The molecule has 0 radical (unpaired) electrons. The van der Waals surface area contributed by atoms with E-state index in [-0.39, 0.29) is 40.5 Å². The number of carbonyl (C=O) groups is 3. The van der Waals surface area contributed by atoms with Gasteiger partial charge in [-0.05, 0) is 49.7 Å². The Bertz CT molecular complexity index is 650. The number of allylic oxidation sites excluding steroid dienone is 1. The zero-order chi connectivity index (χ0) is 16.6. The van der Waals surface area contributed by atoms with Crippen molar-refractivity contribution in [3.05, 3.63) is 12.2 Å². The lowest BCUT2D eigenvalue weighted by molar-refractivity contribution is -0.187. The fraction of sp³-hybridized carbons (Fsp3) is 0.737. The monoisotopic (exact) mass is 316 g/mol. The first-order valence-electron chi connectivity index (χ1n) is 8.73. The molecule has 1 N–H and O–H groups in total. The Balaban J connectivity index is 1.78. The Morgan fingerprint density at radius 2 is 1.83 bits per heavy atom.